The summed E-state index contributed by atoms with van der Waals surface area (Å²) in [6, 6.07) is 6.33. The van der Waals surface area contributed by atoms with Crippen LogP contribution in [0.1, 0.15) is 12.8 Å². The minimum Gasteiger partial charge on any atom is -0.489 e. The van der Waals surface area contributed by atoms with Crippen LogP contribution in [0.15, 0.2) is 24.3 Å². The molecule has 1 aromatic carbocycles. The summed E-state index contributed by atoms with van der Waals surface area (Å²) in [6.07, 6.45) is 2.20. The summed E-state index contributed by atoms with van der Waals surface area (Å²) >= 11 is 0. The Morgan fingerprint density at radius 2 is 2.38 bits per heavy atom. The van der Waals surface area contributed by atoms with Gasteiger partial charge in [0, 0.05) is 12.6 Å². The maximum atomic E-state index is 10.6. The van der Waals surface area contributed by atoms with E-state index in [1.54, 1.807) is 12.1 Å². The third-order valence-corrected chi connectivity index (χ3v) is 2.58. The van der Waals surface area contributed by atoms with Crippen LogP contribution in [-0.4, -0.2) is 24.1 Å². The van der Waals surface area contributed by atoms with Gasteiger partial charge in [-0.2, -0.15) is 0 Å². The Balaban J connectivity index is 2.02. The first kappa shape index (κ1) is 10.9. The maximum Gasteiger partial charge on any atom is 0.273 e. The van der Waals surface area contributed by atoms with Gasteiger partial charge in [0.25, 0.3) is 5.69 Å². The second-order valence-electron chi connectivity index (χ2n) is 3.84. The fourth-order valence-electron chi connectivity index (χ4n) is 1.78. The molecule has 16 heavy (non-hydrogen) atoms. The van der Waals surface area contributed by atoms with E-state index in [1.165, 1.54) is 12.1 Å². The molecule has 1 aliphatic heterocycles. The lowest BCUT2D eigenvalue weighted by Crippen LogP contribution is -2.37. The average molecular weight is 222 g/mol. The molecule has 2 rings (SSSR count). The minimum atomic E-state index is -0.411. The largest absolute Gasteiger partial charge is 0.489 e. The van der Waals surface area contributed by atoms with Gasteiger partial charge in [0.1, 0.15) is 11.9 Å². The summed E-state index contributed by atoms with van der Waals surface area (Å²) < 4.78 is 5.68. The number of piperidine rings is 1. The summed E-state index contributed by atoms with van der Waals surface area (Å²) in [5.74, 6) is 0.572. The van der Waals surface area contributed by atoms with E-state index in [0.717, 1.165) is 25.9 Å². The van der Waals surface area contributed by atoms with Crippen molar-refractivity contribution in [2.75, 3.05) is 13.1 Å². The van der Waals surface area contributed by atoms with Gasteiger partial charge in [-0.15, -0.1) is 0 Å². The molecule has 86 valence electrons. The SMILES string of the molecule is O=[N+]([O-])c1cccc(OC2CCCNC2)c1. The molecular weight excluding hydrogens is 208 g/mol. The zero-order chi connectivity index (χ0) is 11.4. The second kappa shape index (κ2) is 4.94. The fraction of sp³-hybridized carbons (Fsp3) is 0.455. The van der Waals surface area contributed by atoms with Crippen LogP contribution in [0.25, 0.3) is 0 Å². The molecule has 5 heteroatoms. The number of rotatable bonds is 3. The first-order chi connectivity index (χ1) is 7.75. The van der Waals surface area contributed by atoms with E-state index in [1.807, 2.05) is 0 Å². The van der Waals surface area contributed by atoms with Crippen LogP contribution in [-0.2, 0) is 0 Å². The molecule has 0 bridgehead atoms. The number of hydrogen-bond acceptors (Lipinski definition) is 4. The highest BCUT2D eigenvalue weighted by atomic mass is 16.6. The highest BCUT2D eigenvalue weighted by Crippen LogP contribution is 2.21. The molecule has 0 spiro atoms. The Hall–Kier alpha value is -1.62. The Labute approximate surface area is 93.6 Å². The Kier molecular flexibility index (Phi) is 3.36. The fourth-order valence-corrected chi connectivity index (χ4v) is 1.78. The zero-order valence-corrected chi connectivity index (χ0v) is 8.89. The quantitative estimate of drug-likeness (QED) is 0.624. The van der Waals surface area contributed by atoms with Crippen molar-refractivity contribution in [2.24, 2.45) is 0 Å². The molecule has 1 N–H and O–H groups in total. The topological polar surface area (TPSA) is 64.4 Å². The van der Waals surface area contributed by atoms with Crippen molar-refractivity contribution in [3.05, 3.63) is 34.4 Å². The molecule has 1 unspecified atom stereocenters. The molecule has 1 heterocycles. The van der Waals surface area contributed by atoms with Gasteiger partial charge in [0.2, 0.25) is 0 Å². The Morgan fingerprint density at radius 3 is 3.06 bits per heavy atom. The van der Waals surface area contributed by atoms with E-state index in [4.69, 9.17) is 4.74 Å². The highest BCUT2D eigenvalue weighted by Gasteiger charge is 2.15. The lowest BCUT2D eigenvalue weighted by molar-refractivity contribution is -0.384. The predicted molar refractivity (Wildman–Crippen MR) is 59.6 cm³/mol. The molecule has 0 aliphatic carbocycles. The number of non-ortho nitro benzene ring substituents is 1. The van der Waals surface area contributed by atoms with Gasteiger partial charge in [-0.25, -0.2) is 0 Å². The van der Waals surface area contributed by atoms with Crippen molar-refractivity contribution >= 4 is 5.69 Å². The van der Waals surface area contributed by atoms with Crippen molar-refractivity contribution < 1.29 is 9.66 Å². The van der Waals surface area contributed by atoms with E-state index in [0.29, 0.717) is 5.75 Å². The highest BCUT2D eigenvalue weighted by molar-refractivity contribution is 5.38. The van der Waals surface area contributed by atoms with E-state index >= 15 is 0 Å². The van der Waals surface area contributed by atoms with Crippen molar-refractivity contribution in [3.63, 3.8) is 0 Å². The van der Waals surface area contributed by atoms with Crippen LogP contribution in [0.2, 0.25) is 0 Å². The van der Waals surface area contributed by atoms with Gasteiger partial charge in [-0.3, -0.25) is 10.1 Å². The summed E-state index contributed by atoms with van der Waals surface area (Å²) in [5.41, 5.74) is 0.0706. The van der Waals surface area contributed by atoms with Gasteiger partial charge in [0.05, 0.1) is 11.0 Å². The van der Waals surface area contributed by atoms with E-state index in [2.05, 4.69) is 5.32 Å². The zero-order valence-electron chi connectivity index (χ0n) is 8.89. The summed E-state index contributed by atoms with van der Waals surface area (Å²) in [7, 11) is 0. The number of nitro benzene ring substituents is 1. The predicted octanol–water partition coefficient (Wildman–Crippen LogP) is 1.73. The molecule has 1 fully saturated rings. The van der Waals surface area contributed by atoms with Crippen LogP contribution < -0.4 is 10.1 Å². The van der Waals surface area contributed by atoms with Crippen molar-refractivity contribution in [1.82, 2.24) is 5.32 Å². The average Bonchev–Trinajstić information content (AvgIpc) is 2.30. The van der Waals surface area contributed by atoms with Gasteiger partial charge in [0.15, 0.2) is 0 Å². The number of ether oxygens (including phenoxy) is 1. The van der Waals surface area contributed by atoms with Crippen LogP contribution in [0.4, 0.5) is 5.69 Å². The number of nitro groups is 1. The van der Waals surface area contributed by atoms with Gasteiger partial charge >= 0.3 is 0 Å². The van der Waals surface area contributed by atoms with Crippen molar-refractivity contribution in [3.8, 4) is 5.75 Å². The maximum absolute atomic E-state index is 10.6. The number of benzene rings is 1. The van der Waals surface area contributed by atoms with Crippen LogP contribution in [0, 0.1) is 10.1 Å². The normalized spacial score (nSPS) is 20.4. The number of hydrogen-bond donors (Lipinski definition) is 1. The molecule has 0 radical (unpaired) electrons. The monoisotopic (exact) mass is 222 g/mol. The standard InChI is InChI=1S/C11H14N2O3/c14-13(15)9-3-1-4-10(7-9)16-11-5-2-6-12-8-11/h1,3-4,7,11-12H,2,5-6,8H2. The summed E-state index contributed by atoms with van der Waals surface area (Å²) in [5, 5.41) is 13.8. The third kappa shape index (κ3) is 2.70. The molecule has 0 aromatic heterocycles. The molecule has 1 saturated heterocycles. The smallest absolute Gasteiger partial charge is 0.273 e. The minimum absolute atomic E-state index is 0.0706. The lowest BCUT2D eigenvalue weighted by Gasteiger charge is -2.23. The van der Waals surface area contributed by atoms with Crippen LogP contribution in [0.3, 0.4) is 0 Å². The molecule has 1 aromatic rings. The van der Waals surface area contributed by atoms with E-state index in [-0.39, 0.29) is 11.8 Å². The van der Waals surface area contributed by atoms with Gasteiger partial charge in [-0.05, 0) is 25.5 Å². The van der Waals surface area contributed by atoms with E-state index < -0.39 is 4.92 Å². The first-order valence-electron chi connectivity index (χ1n) is 5.37. The summed E-state index contributed by atoms with van der Waals surface area (Å²) in [6.45, 7) is 1.83. The molecule has 5 nitrogen and oxygen atoms in total. The molecule has 1 aliphatic rings. The van der Waals surface area contributed by atoms with Gasteiger partial charge < -0.3 is 10.1 Å². The van der Waals surface area contributed by atoms with Gasteiger partial charge in [-0.1, -0.05) is 6.07 Å². The van der Waals surface area contributed by atoms with Crippen LogP contribution >= 0.6 is 0 Å². The van der Waals surface area contributed by atoms with Crippen molar-refractivity contribution in [2.45, 2.75) is 18.9 Å². The Morgan fingerprint density at radius 1 is 1.50 bits per heavy atom. The Bertz CT molecular complexity index is 375. The van der Waals surface area contributed by atoms with Crippen molar-refractivity contribution in [1.29, 1.82) is 0 Å². The van der Waals surface area contributed by atoms with Crippen LogP contribution in [0.5, 0.6) is 5.75 Å². The molecule has 0 saturated carbocycles. The van der Waals surface area contributed by atoms with E-state index in [9.17, 15) is 10.1 Å². The molecule has 0 amide bonds. The molecular formula is C11H14N2O3. The first-order valence-corrected chi connectivity index (χ1v) is 5.37. The molecule has 1 atom stereocenters. The number of nitrogens with one attached hydrogen (secondary N) is 1. The lowest BCUT2D eigenvalue weighted by atomic mass is 10.1. The number of nitrogens with zero attached hydrogens (tertiary/aromatic N) is 1. The summed E-state index contributed by atoms with van der Waals surface area (Å²) in [4.78, 5) is 10.2. The second-order valence-corrected chi connectivity index (χ2v) is 3.84. The third-order valence-electron chi connectivity index (χ3n) is 2.58.